The van der Waals surface area contributed by atoms with Gasteiger partial charge in [-0.1, -0.05) is 20.8 Å². The van der Waals surface area contributed by atoms with Crippen LogP contribution >= 0.6 is 0 Å². The number of benzene rings is 1. The molecule has 0 saturated carbocycles. The van der Waals surface area contributed by atoms with Crippen LogP contribution in [0.3, 0.4) is 0 Å². The fourth-order valence-corrected chi connectivity index (χ4v) is 1.89. The molecule has 0 atom stereocenters. The second-order valence-electron chi connectivity index (χ2n) is 5.77. The van der Waals surface area contributed by atoms with Gasteiger partial charge < -0.3 is 5.32 Å². The number of ketones is 1. The Morgan fingerprint density at radius 2 is 1.95 bits per heavy atom. The number of nitrogens with one attached hydrogen (secondary N) is 2. The zero-order valence-electron chi connectivity index (χ0n) is 12.4. The molecule has 110 valence electrons. The largest absolute Gasteiger partial charge is 0.326 e. The Morgan fingerprint density at radius 1 is 1.24 bits per heavy atom. The third kappa shape index (κ3) is 3.31. The van der Waals surface area contributed by atoms with Crippen LogP contribution in [0.25, 0.3) is 11.4 Å². The van der Waals surface area contributed by atoms with Crippen LogP contribution in [0.15, 0.2) is 18.2 Å². The Hall–Kier alpha value is -2.57. The molecule has 0 bridgehead atoms. The van der Waals surface area contributed by atoms with Gasteiger partial charge in [0.25, 0.3) is 0 Å². The number of aromatic amines is 1. The first-order valence-electron chi connectivity index (χ1n) is 6.49. The number of carbonyl (C=O) groups excluding carboxylic acids is 2. The average molecular weight is 287 g/mol. The van der Waals surface area contributed by atoms with Crippen molar-refractivity contribution in [3.8, 4) is 11.4 Å². The van der Waals surface area contributed by atoms with Gasteiger partial charge in [0.05, 0.1) is 5.69 Å². The summed E-state index contributed by atoms with van der Waals surface area (Å²) in [7, 11) is 0. The minimum atomic E-state index is -0.494. The van der Waals surface area contributed by atoms with E-state index in [-0.39, 0.29) is 11.7 Å². The molecule has 1 amide bonds. The maximum absolute atomic E-state index is 12.4. The molecular formula is C14H17N5O2. The highest BCUT2D eigenvalue weighted by Crippen LogP contribution is 2.29. The topological polar surface area (TPSA) is 101 Å². The number of tetrazole rings is 1. The number of amides is 1. The number of H-pyrrole nitrogens is 1. The van der Waals surface area contributed by atoms with Crippen molar-refractivity contribution in [1.29, 1.82) is 0 Å². The Balaban J connectivity index is 2.52. The van der Waals surface area contributed by atoms with Crippen LogP contribution in [-0.4, -0.2) is 32.3 Å². The monoisotopic (exact) mass is 287 g/mol. The van der Waals surface area contributed by atoms with E-state index in [1.807, 2.05) is 20.8 Å². The summed E-state index contributed by atoms with van der Waals surface area (Å²) in [5, 5.41) is 16.2. The predicted octanol–water partition coefficient (Wildman–Crippen LogP) is 2.05. The van der Waals surface area contributed by atoms with Crippen LogP contribution in [0, 0.1) is 5.41 Å². The highest BCUT2D eigenvalue weighted by Gasteiger charge is 2.24. The number of hydrogen-bond acceptors (Lipinski definition) is 5. The number of aromatic nitrogens is 4. The lowest BCUT2D eigenvalue weighted by molar-refractivity contribution is -0.114. The molecule has 2 aromatic rings. The van der Waals surface area contributed by atoms with Gasteiger partial charge in [-0.3, -0.25) is 9.59 Å². The molecule has 0 spiro atoms. The molecule has 1 aromatic carbocycles. The quantitative estimate of drug-likeness (QED) is 0.841. The summed E-state index contributed by atoms with van der Waals surface area (Å²) >= 11 is 0. The summed E-state index contributed by atoms with van der Waals surface area (Å²) in [5.74, 6) is 0.187. The van der Waals surface area contributed by atoms with Crippen molar-refractivity contribution in [2.45, 2.75) is 27.7 Å². The highest BCUT2D eigenvalue weighted by atomic mass is 16.1. The Kier molecular flexibility index (Phi) is 3.84. The van der Waals surface area contributed by atoms with Gasteiger partial charge in [-0.05, 0) is 28.6 Å². The number of anilines is 1. The molecule has 7 nitrogen and oxygen atoms in total. The van der Waals surface area contributed by atoms with Gasteiger partial charge >= 0.3 is 0 Å². The third-order valence-corrected chi connectivity index (χ3v) is 2.87. The molecule has 1 heterocycles. The van der Waals surface area contributed by atoms with Crippen molar-refractivity contribution in [3.63, 3.8) is 0 Å². The van der Waals surface area contributed by atoms with Crippen LogP contribution in [0.4, 0.5) is 5.69 Å². The van der Waals surface area contributed by atoms with Crippen molar-refractivity contribution in [3.05, 3.63) is 23.8 Å². The lowest BCUT2D eigenvalue weighted by Crippen LogP contribution is -2.20. The van der Waals surface area contributed by atoms with E-state index in [0.717, 1.165) is 0 Å². The molecule has 0 fully saturated rings. The van der Waals surface area contributed by atoms with Gasteiger partial charge in [-0.25, -0.2) is 5.10 Å². The summed E-state index contributed by atoms with van der Waals surface area (Å²) in [6, 6.07) is 5.05. The van der Waals surface area contributed by atoms with Gasteiger partial charge in [0, 0.05) is 23.5 Å². The second-order valence-corrected chi connectivity index (χ2v) is 5.77. The number of nitrogens with zero attached hydrogens (tertiary/aromatic N) is 3. The van der Waals surface area contributed by atoms with Crippen LogP contribution in [0.5, 0.6) is 0 Å². The maximum Gasteiger partial charge on any atom is 0.221 e. The lowest BCUT2D eigenvalue weighted by Gasteiger charge is -2.18. The van der Waals surface area contributed by atoms with Crippen LogP contribution < -0.4 is 5.32 Å². The van der Waals surface area contributed by atoms with Crippen molar-refractivity contribution in [1.82, 2.24) is 20.6 Å². The molecule has 1 aromatic heterocycles. The SMILES string of the molecule is CC(=O)Nc1ccc(C(=O)C(C)(C)C)cc1-c1nnn[nH]1. The zero-order valence-corrected chi connectivity index (χ0v) is 12.4. The van der Waals surface area contributed by atoms with Crippen LogP contribution in [-0.2, 0) is 4.79 Å². The molecule has 0 radical (unpaired) electrons. The highest BCUT2D eigenvalue weighted by molar-refractivity contribution is 6.02. The summed E-state index contributed by atoms with van der Waals surface area (Å²) in [5.41, 5.74) is 1.17. The van der Waals surface area contributed by atoms with Crippen molar-refractivity contribution < 1.29 is 9.59 Å². The molecule has 0 aliphatic rings. The molecule has 0 saturated heterocycles. The summed E-state index contributed by atoms with van der Waals surface area (Å²) in [4.78, 5) is 23.6. The number of Topliss-reactive ketones (excluding diaryl/α,β-unsaturated/α-hetero) is 1. The van der Waals surface area contributed by atoms with E-state index in [9.17, 15) is 9.59 Å². The first-order chi connectivity index (χ1) is 9.79. The van der Waals surface area contributed by atoms with Crippen LogP contribution in [0.2, 0.25) is 0 Å². The van der Waals surface area contributed by atoms with Gasteiger partial charge in [-0.2, -0.15) is 0 Å². The van der Waals surface area contributed by atoms with E-state index in [0.29, 0.717) is 22.6 Å². The number of rotatable bonds is 3. The fourth-order valence-electron chi connectivity index (χ4n) is 1.89. The molecular weight excluding hydrogens is 270 g/mol. The van der Waals surface area contributed by atoms with E-state index in [1.165, 1.54) is 6.92 Å². The number of hydrogen-bond donors (Lipinski definition) is 2. The first-order valence-corrected chi connectivity index (χ1v) is 6.49. The standard InChI is InChI=1S/C14H17N5O2/c1-8(20)15-11-6-5-9(12(21)14(2,3)4)7-10(11)13-16-18-19-17-13/h5-7H,1-4H3,(H,15,20)(H,16,17,18,19). The minimum Gasteiger partial charge on any atom is -0.326 e. The smallest absolute Gasteiger partial charge is 0.221 e. The minimum absolute atomic E-state index is 0.00518. The predicted molar refractivity (Wildman–Crippen MR) is 77.7 cm³/mol. The van der Waals surface area contributed by atoms with Gasteiger partial charge in [0.1, 0.15) is 0 Å². The Labute approximate surface area is 122 Å². The Morgan fingerprint density at radius 3 is 2.48 bits per heavy atom. The van der Waals surface area contributed by atoms with E-state index in [2.05, 4.69) is 25.9 Å². The Bertz CT molecular complexity index is 671. The summed E-state index contributed by atoms with van der Waals surface area (Å²) < 4.78 is 0. The zero-order chi connectivity index (χ0) is 15.6. The van der Waals surface area contributed by atoms with E-state index >= 15 is 0 Å². The fraction of sp³-hybridized carbons (Fsp3) is 0.357. The molecule has 0 unspecified atom stereocenters. The van der Waals surface area contributed by atoms with E-state index < -0.39 is 5.41 Å². The third-order valence-electron chi connectivity index (χ3n) is 2.87. The van der Waals surface area contributed by atoms with Gasteiger partial charge in [0.2, 0.25) is 5.91 Å². The molecule has 7 heteroatoms. The van der Waals surface area contributed by atoms with Crippen molar-refractivity contribution in [2.75, 3.05) is 5.32 Å². The molecule has 2 rings (SSSR count). The average Bonchev–Trinajstić information content (AvgIpc) is 2.90. The molecule has 2 N–H and O–H groups in total. The number of carbonyl (C=O) groups is 2. The van der Waals surface area contributed by atoms with E-state index in [1.54, 1.807) is 18.2 Å². The van der Waals surface area contributed by atoms with Crippen molar-refractivity contribution >= 4 is 17.4 Å². The van der Waals surface area contributed by atoms with E-state index in [4.69, 9.17) is 0 Å². The molecule has 0 aliphatic carbocycles. The second kappa shape index (κ2) is 5.43. The summed E-state index contributed by atoms with van der Waals surface area (Å²) in [6.07, 6.45) is 0. The summed E-state index contributed by atoms with van der Waals surface area (Å²) in [6.45, 7) is 6.98. The maximum atomic E-state index is 12.4. The normalized spacial score (nSPS) is 11.2. The lowest BCUT2D eigenvalue weighted by atomic mass is 9.86. The van der Waals surface area contributed by atoms with Crippen molar-refractivity contribution in [2.24, 2.45) is 5.41 Å². The molecule has 21 heavy (non-hydrogen) atoms. The van der Waals surface area contributed by atoms with Crippen LogP contribution in [0.1, 0.15) is 38.1 Å². The molecule has 0 aliphatic heterocycles. The first kappa shape index (κ1) is 14.8. The van der Waals surface area contributed by atoms with Gasteiger partial charge in [-0.15, -0.1) is 5.10 Å². The van der Waals surface area contributed by atoms with Gasteiger partial charge in [0.15, 0.2) is 11.6 Å².